The highest BCUT2D eigenvalue weighted by molar-refractivity contribution is 9.11. The third-order valence-electron chi connectivity index (χ3n) is 4.95. The van der Waals surface area contributed by atoms with Gasteiger partial charge in [-0.2, -0.15) is 13.2 Å². The molecule has 0 atom stereocenters. The predicted octanol–water partition coefficient (Wildman–Crippen LogP) is 6.80. The quantitative estimate of drug-likeness (QED) is 0.228. The summed E-state index contributed by atoms with van der Waals surface area (Å²) in [7, 11) is -4.15. The summed E-state index contributed by atoms with van der Waals surface area (Å²) in [5, 5.41) is 9.04. The molecule has 1 aromatic heterocycles. The Balaban J connectivity index is 1.67. The average molecular weight is 649 g/mol. The fourth-order valence-electron chi connectivity index (χ4n) is 3.29. The summed E-state index contributed by atoms with van der Waals surface area (Å²) in [4.78, 5) is 13.1. The van der Waals surface area contributed by atoms with E-state index in [-0.39, 0.29) is 26.7 Å². The smallest absolute Gasteiger partial charge is 0.416 e. The van der Waals surface area contributed by atoms with Crippen molar-refractivity contribution in [2.24, 2.45) is 0 Å². The molecule has 0 fully saturated rings. The largest absolute Gasteiger partial charge is 0.482 e. The zero-order valence-electron chi connectivity index (χ0n) is 17.8. The minimum atomic E-state index is -4.58. The number of nitrogens with one attached hydrogen (secondary N) is 1. The summed E-state index contributed by atoms with van der Waals surface area (Å²) in [6.07, 6.45) is -3.32. The van der Waals surface area contributed by atoms with E-state index in [9.17, 15) is 26.4 Å². The van der Waals surface area contributed by atoms with Crippen molar-refractivity contribution in [1.29, 1.82) is 0 Å². The number of ether oxygens (including phenoxy) is 2. The lowest BCUT2D eigenvalue weighted by atomic mass is 10.2. The van der Waals surface area contributed by atoms with E-state index < -0.39 is 34.2 Å². The molecule has 0 aliphatic rings. The molecule has 0 aliphatic heterocycles. The van der Waals surface area contributed by atoms with Crippen molar-refractivity contribution < 1.29 is 41.0 Å². The van der Waals surface area contributed by atoms with Crippen molar-refractivity contribution in [3.63, 3.8) is 0 Å². The lowest BCUT2D eigenvalue weighted by Gasteiger charge is -2.13. The second-order valence-electron chi connectivity index (χ2n) is 7.39. The standard InChI is InChI=1S/C23H14Br2F3NO6S/c24-17-8-14(34-11-21(30)31)9-18(25)22(17)35-13-3-6-19-16(7-13)20(10-29-19)36(32,33)15-4-1-12(2-5-15)23(26,27)28/h1-10,29H,11H2,(H,30,31). The number of fused-ring (bicyclic) bond motifs is 1. The van der Waals surface area contributed by atoms with Crippen LogP contribution in [0.4, 0.5) is 13.2 Å². The number of alkyl halides is 3. The minimum absolute atomic E-state index is 0.127. The van der Waals surface area contributed by atoms with Crippen LogP contribution in [0.5, 0.6) is 17.2 Å². The summed E-state index contributed by atoms with van der Waals surface area (Å²) in [6.45, 7) is -0.528. The van der Waals surface area contributed by atoms with Crippen molar-refractivity contribution in [2.75, 3.05) is 6.61 Å². The van der Waals surface area contributed by atoms with Gasteiger partial charge in [-0.05, 0) is 86.5 Å². The number of carboxylic acids is 1. The lowest BCUT2D eigenvalue weighted by Crippen LogP contribution is -2.09. The normalized spacial score (nSPS) is 12.0. The van der Waals surface area contributed by atoms with Crippen LogP contribution in [0.15, 0.2) is 79.5 Å². The predicted molar refractivity (Wildman–Crippen MR) is 130 cm³/mol. The van der Waals surface area contributed by atoms with Gasteiger partial charge in [0.2, 0.25) is 9.84 Å². The molecule has 0 aliphatic carbocycles. The number of benzene rings is 3. The number of aromatic nitrogens is 1. The van der Waals surface area contributed by atoms with Gasteiger partial charge in [-0.25, -0.2) is 13.2 Å². The second-order valence-corrected chi connectivity index (χ2v) is 11.0. The van der Waals surface area contributed by atoms with Crippen LogP contribution >= 0.6 is 31.9 Å². The van der Waals surface area contributed by atoms with Crippen LogP contribution in [0.25, 0.3) is 10.9 Å². The maximum absolute atomic E-state index is 13.2. The van der Waals surface area contributed by atoms with Gasteiger partial charge in [0.15, 0.2) is 12.4 Å². The van der Waals surface area contributed by atoms with Crippen LogP contribution in [0.1, 0.15) is 5.56 Å². The zero-order valence-corrected chi connectivity index (χ0v) is 21.8. The van der Waals surface area contributed by atoms with Crippen LogP contribution in [0.3, 0.4) is 0 Å². The Morgan fingerprint density at radius 3 is 2.19 bits per heavy atom. The van der Waals surface area contributed by atoms with Crippen molar-refractivity contribution in [3.05, 3.63) is 75.3 Å². The fourth-order valence-corrected chi connectivity index (χ4v) is 6.02. The molecule has 13 heteroatoms. The molecule has 0 amide bonds. The van der Waals surface area contributed by atoms with Crippen molar-refractivity contribution in [1.82, 2.24) is 4.98 Å². The fraction of sp³-hybridized carbons (Fsp3) is 0.0870. The molecule has 4 aromatic rings. The molecule has 7 nitrogen and oxygen atoms in total. The van der Waals surface area contributed by atoms with Crippen LogP contribution in [-0.4, -0.2) is 31.1 Å². The maximum Gasteiger partial charge on any atom is 0.416 e. The van der Waals surface area contributed by atoms with E-state index in [1.165, 1.54) is 24.4 Å². The summed E-state index contributed by atoms with van der Waals surface area (Å²) < 4.78 is 76.9. The summed E-state index contributed by atoms with van der Waals surface area (Å²) in [6, 6.07) is 11.0. The highest BCUT2D eigenvalue weighted by Gasteiger charge is 2.31. The first-order chi connectivity index (χ1) is 16.9. The molecule has 0 saturated carbocycles. The van der Waals surface area contributed by atoms with Gasteiger partial charge in [-0.3, -0.25) is 0 Å². The third kappa shape index (κ3) is 5.37. The Bertz CT molecular complexity index is 1540. The highest BCUT2D eigenvalue weighted by atomic mass is 79.9. The second kappa shape index (κ2) is 9.79. The zero-order chi connectivity index (χ0) is 26.3. The first kappa shape index (κ1) is 26.0. The van der Waals surface area contributed by atoms with Gasteiger partial charge < -0.3 is 19.6 Å². The topological polar surface area (TPSA) is 106 Å². The summed E-state index contributed by atoms with van der Waals surface area (Å²) >= 11 is 6.67. The Morgan fingerprint density at radius 1 is 0.972 bits per heavy atom. The monoisotopic (exact) mass is 647 g/mol. The third-order valence-corrected chi connectivity index (χ3v) is 7.94. The molecule has 3 aromatic carbocycles. The van der Waals surface area contributed by atoms with Gasteiger partial charge in [0.05, 0.1) is 24.3 Å². The Hall–Kier alpha value is -3.03. The van der Waals surface area contributed by atoms with E-state index in [4.69, 9.17) is 14.6 Å². The number of carbonyl (C=O) groups is 1. The first-order valence-electron chi connectivity index (χ1n) is 9.91. The van der Waals surface area contributed by atoms with Gasteiger partial charge in [-0.1, -0.05) is 0 Å². The molecule has 36 heavy (non-hydrogen) atoms. The molecule has 4 rings (SSSR count). The van der Waals surface area contributed by atoms with Gasteiger partial charge in [0.25, 0.3) is 0 Å². The van der Waals surface area contributed by atoms with Crippen molar-refractivity contribution >= 4 is 58.6 Å². The minimum Gasteiger partial charge on any atom is -0.482 e. The Kier molecular flexibility index (Phi) is 7.08. The number of hydrogen-bond donors (Lipinski definition) is 2. The number of halogens is 5. The molecule has 0 bridgehead atoms. The van der Waals surface area contributed by atoms with Crippen LogP contribution < -0.4 is 9.47 Å². The number of rotatable bonds is 7. The molecular formula is C23H14Br2F3NO6S. The van der Waals surface area contributed by atoms with Crippen molar-refractivity contribution in [2.45, 2.75) is 16.0 Å². The van der Waals surface area contributed by atoms with E-state index in [2.05, 4.69) is 36.8 Å². The molecule has 0 saturated heterocycles. The van der Waals surface area contributed by atoms with E-state index in [0.717, 1.165) is 24.3 Å². The number of sulfone groups is 1. The molecule has 2 N–H and O–H groups in total. The van der Waals surface area contributed by atoms with E-state index >= 15 is 0 Å². The highest BCUT2D eigenvalue weighted by Crippen LogP contribution is 2.41. The van der Waals surface area contributed by atoms with E-state index in [0.29, 0.717) is 20.2 Å². The molecule has 0 unspecified atom stereocenters. The van der Waals surface area contributed by atoms with E-state index in [1.54, 1.807) is 12.1 Å². The van der Waals surface area contributed by atoms with Gasteiger partial charge in [-0.15, -0.1) is 0 Å². The maximum atomic E-state index is 13.2. The lowest BCUT2D eigenvalue weighted by molar-refractivity contribution is -0.139. The van der Waals surface area contributed by atoms with E-state index in [1.807, 2.05) is 0 Å². The molecule has 1 heterocycles. The summed E-state index contributed by atoms with van der Waals surface area (Å²) in [5.41, 5.74) is -0.477. The number of aromatic amines is 1. The van der Waals surface area contributed by atoms with Crippen molar-refractivity contribution in [3.8, 4) is 17.2 Å². The number of hydrogen-bond acceptors (Lipinski definition) is 5. The SMILES string of the molecule is O=C(O)COc1cc(Br)c(Oc2ccc3[nH]cc(S(=O)(=O)c4ccc(C(F)(F)F)cc4)c3c2)c(Br)c1. The first-order valence-corrected chi connectivity index (χ1v) is 13.0. The van der Waals surface area contributed by atoms with Crippen LogP contribution in [-0.2, 0) is 20.8 Å². The molecule has 0 spiro atoms. The van der Waals surface area contributed by atoms with Crippen LogP contribution in [0, 0.1) is 0 Å². The Labute approximate surface area is 219 Å². The van der Waals surface area contributed by atoms with Gasteiger partial charge in [0, 0.05) is 17.1 Å². The van der Waals surface area contributed by atoms with Crippen LogP contribution in [0.2, 0.25) is 0 Å². The number of aliphatic carboxylic acids is 1. The molecule has 188 valence electrons. The Morgan fingerprint density at radius 2 is 1.61 bits per heavy atom. The van der Waals surface area contributed by atoms with Gasteiger partial charge in [0.1, 0.15) is 11.5 Å². The molecular weight excluding hydrogens is 635 g/mol. The number of carboxylic acid groups (broad SMARTS) is 1. The summed E-state index contributed by atoms with van der Waals surface area (Å²) in [5.74, 6) is -0.273. The molecule has 0 radical (unpaired) electrons. The van der Waals surface area contributed by atoms with Gasteiger partial charge >= 0.3 is 12.1 Å². The number of H-pyrrole nitrogens is 1. The average Bonchev–Trinajstić information content (AvgIpc) is 3.24.